The molecule has 0 saturated carbocycles. The molecule has 3 rings (SSSR count). The molecule has 0 bridgehead atoms. The molecule has 0 atom stereocenters. The number of aryl methyl sites for hydroxylation is 3. The van der Waals surface area contributed by atoms with Crippen molar-refractivity contribution >= 4 is 38.3 Å². The molecule has 0 saturated heterocycles. The largest absolute Gasteiger partial charge is 0.412 e. The van der Waals surface area contributed by atoms with Crippen molar-refractivity contribution < 1.29 is 11.0 Å². The molecule has 0 amide bonds. The van der Waals surface area contributed by atoms with Crippen molar-refractivity contribution in [3.8, 4) is 0 Å². The van der Waals surface area contributed by atoms with E-state index in [-0.39, 0.29) is 11.0 Å². The molecule has 23 heavy (non-hydrogen) atoms. The second-order valence-electron chi connectivity index (χ2n) is 5.26. The van der Waals surface area contributed by atoms with Crippen LogP contribution in [-0.4, -0.2) is 20.9 Å². The number of hydrogen-bond donors (Lipinski definition) is 1. The number of aromatic nitrogens is 2. The van der Waals surface area contributed by atoms with Crippen LogP contribution in [0.2, 0.25) is 0 Å². The van der Waals surface area contributed by atoms with Crippen LogP contribution >= 0.6 is 15.9 Å². The molecule has 3 aromatic rings. The molecule has 0 aliphatic carbocycles. The molecule has 0 spiro atoms. The Bertz CT molecular complexity index is 837. The SMILES string of the molecule is Cc1cc2ncnc(Nc3ccc(C)c(Br)c3)c2cc1C.O.O. The van der Waals surface area contributed by atoms with Gasteiger partial charge in [-0.05, 0) is 61.7 Å². The minimum absolute atomic E-state index is 0. The molecule has 0 radical (unpaired) electrons. The van der Waals surface area contributed by atoms with Crippen molar-refractivity contribution in [3.63, 3.8) is 0 Å². The van der Waals surface area contributed by atoms with Crippen LogP contribution in [0.4, 0.5) is 11.5 Å². The number of nitrogens with zero attached hydrogens (tertiary/aromatic N) is 2. The zero-order valence-corrected chi connectivity index (χ0v) is 14.8. The third-order valence-electron chi connectivity index (χ3n) is 3.69. The van der Waals surface area contributed by atoms with Gasteiger partial charge in [-0.25, -0.2) is 9.97 Å². The highest BCUT2D eigenvalue weighted by molar-refractivity contribution is 9.10. The summed E-state index contributed by atoms with van der Waals surface area (Å²) < 4.78 is 1.08. The van der Waals surface area contributed by atoms with E-state index in [1.165, 1.54) is 16.7 Å². The Morgan fingerprint density at radius 1 is 0.870 bits per heavy atom. The molecule has 5 N–H and O–H groups in total. The summed E-state index contributed by atoms with van der Waals surface area (Å²) in [4.78, 5) is 8.74. The first kappa shape index (κ1) is 19.0. The number of anilines is 2. The predicted octanol–water partition coefficient (Wildman–Crippen LogP) is 3.41. The van der Waals surface area contributed by atoms with E-state index in [0.29, 0.717) is 0 Å². The zero-order chi connectivity index (χ0) is 15.0. The quantitative estimate of drug-likeness (QED) is 0.739. The van der Waals surface area contributed by atoms with Crippen LogP contribution < -0.4 is 5.32 Å². The van der Waals surface area contributed by atoms with E-state index in [0.717, 1.165) is 26.9 Å². The topological polar surface area (TPSA) is 101 Å². The van der Waals surface area contributed by atoms with Gasteiger partial charge in [0.25, 0.3) is 0 Å². The van der Waals surface area contributed by atoms with Gasteiger partial charge in [-0.15, -0.1) is 0 Å². The number of hydrogen-bond acceptors (Lipinski definition) is 3. The van der Waals surface area contributed by atoms with Crippen LogP contribution in [0.3, 0.4) is 0 Å². The fraction of sp³-hybridized carbons (Fsp3) is 0.176. The third kappa shape index (κ3) is 3.85. The third-order valence-corrected chi connectivity index (χ3v) is 4.54. The van der Waals surface area contributed by atoms with Gasteiger partial charge in [0.15, 0.2) is 0 Å². The fourth-order valence-electron chi connectivity index (χ4n) is 2.22. The molecule has 0 aliphatic rings. The summed E-state index contributed by atoms with van der Waals surface area (Å²) >= 11 is 3.56. The molecule has 1 heterocycles. The molecule has 0 aliphatic heterocycles. The van der Waals surface area contributed by atoms with Gasteiger partial charge < -0.3 is 16.3 Å². The molecular formula is C17H20BrN3O2. The van der Waals surface area contributed by atoms with Crippen LogP contribution in [0.5, 0.6) is 0 Å². The minimum atomic E-state index is 0. The maximum Gasteiger partial charge on any atom is 0.141 e. The van der Waals surface area contributed by atoms with Gasteiger partial charge in [-0.2, -0.15) is 0 Å². The zero-order valence-electron chi connectivity index (χ0n) is 13.2. The number of halogens is 1. The second kappa shape index (κ2) is 7.50. The fourth-order valence-corrected chi connectivity index (χ4v) is 2.60. The predicted molar refractivity (Wildman–Crippen MR) is 98.4 cm³/mol. The lowest BCUT2D eigenvalue weighted by molar-refractivity contribution is 0.823. The maximum absolute atomic E-state index is 4.39. The number of nitrogens with one attached hydrogen (secondary N) is 1. The Balaban J connectivity index is 0.00000132. The van der Waals surface area contributed by atoms with E-state index < -0.39 is 0 Å². The lowest BCUT2D eigenvalue weighted by Gasteiger charge is -2.11. The monoisotopic (exact) mass is 377 g/mol. The molecule has 5 nitrogen and oxygen atoms in total. The Morgan fingerprint density at radius 2 is 1.57 bits per heavy atom. The van der Waals surface area contributed by atoms with Crippen LogP contribution in [0.15, 0.2) is 41.1 Å². The summed E-state index contributed by atoms with van der Waals surface area (Å²) in [6.45, 7) is 6.27. The van der Waals surface area contributed by atoms with Crippen LogP contribution in [0.1, 0.15) is 16.7 Å². The lowest BCUT2D eigenvalue weighted by Crippen LogP contribution is -1.97. The van der Waals surface area contributed by atoms with Crippen molar-refractivity contribution in [3.05, 3.63) is 57.8 Å². The summed E-state index contributed by atoms with van der Waals surface area (Å²) in [5, 5.41) is 4.42. The Kier molecular flexibility index (Phi) is 6.20. The first-order valence-corrected chi connectivity index (χ1v) is 7.59. The molecule has 2 aromatic carbocycles. The van der Waals surface area contributed by atoms with Gasteiger partial charge in [0.2, 0.25) is 0 Å². The van der Waals surface area contributed by atoms with Crippen molar-refractivity contribution in [1.82, 2.24) is 9.97 Å². The highest BCUT2D eigenvalue weighted by Gasteiger charge is 2.07. The number of benzene rings is 2. The first-order valence-electron chi connectivity index (χ1n) is 6.80. The number of rotatable bonds is 2. The summed E-state index contributed by atoms with van der Waals surface area (Å²) in [5.74, 6) is 0.832. The average molecular weight is 378 g/mol. The van der Waals surface area contributed by atoms with E-state index in [2.05, 4.69) is 82.3 Å². The standard InChI is InChI=1S/C17H16BrN3.2H2O/c1-10-4-5-13(8-15(10)18)21-17-14-6-11(2)12(3)7-16(14)19-9-20-17;;/h4-9H,1-3H3,(H,19,20,21);2*1H2. The highest BCUT2D eigenvalue weighted by Crippen LogP contribution is 2.27. The summed E-state index contributed by atoms with van der Waals surface area (Å²) in [6, 6.07) is 10.4. The van der Waals surface area contributed by atoms with Crippen molar-refractivity contribution in [1.29, 1.82) is 0 Å². The van der Waals surface area contributed by atoms with Crippen molar-refractivity contribution in [2.45, 2.75) is 20.8 Å². The number of fused-ring (bicyclic) bond motifs is 1. The van der Waals surface area contributed by atoms with Crippen LogP contribution in [-0.2, 0) is 0 Å². The summed E-state index contributed by atoms with van der Waals surface area (Å²) in [6.07, 6.45) is 1.60. The average Bonchev–Trinajstić information content (AvgIpc) is 2.45. The molecular weight excluding hydrogens is 358 g/mol. The van der Waals surface area contributed by atoms with Gasteiger partial charge in [0, 0.05) is 15.5 Å². The van der Waals surface area contributed by atoms with Crippen molar-refractivity contribution in [2.75, 3.05) is 5.32 Å². The van der Waals surface area contributed by atoms with E-state index in [1.807, 2.05) is 0 Å². The normalized spacial score (nSPS) is 9.91. The molecule has 6 heteroatoms. The molecule has 0 fully saturated rings. The van der Waals surface area contributed by atoms with E-state index in [9.17, 15) is 0 Å². The van der Waals surface area contributed by atoms with E-state index >= 15 is 0 Å². The summed E-state index contributed by atoms with van der Waals surface area (Å²) in [5.41, 5.74) is 5.66. The Labute approximate surface area is 143 Å². The Hall–Kier alpha value is -2.02. The molecule has 122 valence electrons. The van der Waals surface area contributed by atoms with Gasteiger partial charge >= 0.3 is 0 Å². The van der Waals surface area contributed by atoms with Crippen LogP contribution in [0, 0.1) is 20.8 Å². The Morgan fingerprint density at radius 3 is 2.26 bits per heavy atom. The van der Waals surface area contributed by atoms with Gasteiger partial charge in [-0.3, -0.25) is 0 Å². The highest BCUT2D eigenvalue weighted by atomic mass is 79.9. The minimum Gasteiger partial charge on any atom is -0.412 e. The van der Waals surface area contributed by atoms with Gasteiger partial charge in [0.1, 0.15) is 12.1 Å². The lowest BCUT2D eigenvalue weighted by atomic mass is 10.1. The van der Waals surface area contributed by atoms with Gasteiger partial charge in [0.05, 0.1) is 5.52 Å². The first-order chi connectivity index (χ1) is 10.0. The maximum atomic E-state index is 4.39. The summed E-state index contributed by atoms with van der Waals surface area (Å²) in [7, 11) is 0. The van der Waals surface area contributed by atoms with Crippen molar-refractivity contribution in [2.24, 2.45) is 0 Å². The molecule has 1 aromatic heterocycles. The molecule has 0 unspecified atom stereocenters. The van der Waals surface area contributed by atoms with Gasteiger partial charge in [-0.1, -0.05) is 22.0 Å². The van der Waals surface area contributed by atoms with E-state index in [1.54, 1.807) is 6.33 Å². The smallest absolute Gasteiger partial charge is 0.141 e. The second-order valence-corrected chi connectivity index (χ2v) is 6.12. The van der Waals surface area contributed by atoms with E-state index in [4.69, 9.17) is 0 Å². The van der Waals surface area contributed by atoms with Crippen LogP contribution in [0.25, 0.3) is 10.9 Å².